The second-order valence-electron chi connectivity index (χ2n) is 9.11. The van der Waals surface area contributed by atoms with E-state index in [1.807, 2.05) is 13.8 Å². The molecule has 0 fully saturated rings. The first-order valence-corrected chi connectivity index (χ1v) is 14.9. The Morgan fingerprint density at radius 3 is 2.08 bits per heavy atom. The number of carbonyl (C=O) groups is 2. The van der Waals surface area contributed by atoms with Crippen LogP contribution in [0.5, 0.6) is 0 Å². The average molecular weight is 611 g/mol. The van der Waals surface area contributed by atoms with Gasteiger partial charge in [0.1, 0.15) is 12.6 Å². The Hall–Kier alpha value is -2.78. The van der Waals surface area contributed by atoms with Crippen LogP contribution in [0.25, 0.3) is 0 Å². The summed E-state index contributed by atoms with van der Waals surface area (Å²) < 4.78 is 28.5. The summed E-state index contributed by atoms with van der Waals surface area (Å²) in [5.41, 5.74) is 0.653. The van der Waals surface area contributed by atoms with Crippen LogP contribution in [0.1, 0.15) is 32.8 Å². The summed E-state index contributed by atoms with van der Waals surface area (Å²) in [4.78, 5) is 28.5. The largest absolute Gasteiger partial charge is 0.352 e. The number of carbonyl (C=O) groups excluding carboxylic acids is 2. The number of anilines is 1. The second-order valence-corrected chi connectivity index (χ2v) is 12.2. The van der Waals surface area contributed by atoms with Gasteiger partial charge in [-0.25, -0.2) is 8.42 Å². The van der Waals surface area contributed by atoms with Crippen molar-refractivity contribution in [2.24, 2.45) is 0 Å². The summed E-state index contributed by atoms with van der Waals surface area (Å²) in [5.74, 6) is -0.986. The number of sulfonamides is 1. The molecule has 3 aromatic rings. The summed E-state index contributed by atoms with van der Waals surface area (Å²) in [7, 11) is -4.19. The number of benzene rings is 3. The Morgan fingerprint density at radius 1 is 0.897 bits per heavy atom. The highest BCUT2D eigenvalue weighted by Gasteiger charge is 2.34. The van der Waals surface area contributed by atoms with Crippen LogP contribution >= 0.6 is 34.8 Å². The van der Waals surface area contributed by atoms with Crippen molar-refractivity contribution in [3.63, 3.8) is 0 Å². The summed E-state index contributed by atoms with van der Waals surface area (Å²) in [6.07, 6.45) is 0.273. The zero-order valence-electron chi connectivity index (χ0n) is 21.8. The third kappa shape index (κ3) is 7.66. The van der Waals surface area contributed by atoms with Gasteiger partial charge in [0, 0.05) is 33.2 Å². The van der Waals surface area contributed by atoms with Crippen molar-refractivity contribution in [3.05, 3.63) is 93.4 Å². The zero-order chi connectivity index (χ0) is 28.7. The molecular weight excluding hydrogens is 581 g/mol. The van der Waals surface area contributed by atoms with Crippen molar-refractivity contribution in [2.75, 3.05) is 10.8 Å². The predicted octanol–water partition coefficient (Wildman–Crippen LogP) is 6.17. The molecule has 0 aromatic heterocycles. The number of nitrogens with one attached hydrogen (secondary N) is 1. The van der Waals surface area contributed by atoms with Gasteiger partial charge >= 0.3 is 0 Å². The molecule has 7 nitrogen and oxygen atoms in total. The van der Waals surface area contributed by atoms with E-state index in [9.17, 15) is 18.0 Å². The highest BCUT2D eigenvalue weighted by Crippen LogP contribution is 2.29. The Labute approximate surface area is 244 Å². The third-order valence-corrected chi connectivity index (χ3v) is 8.64. The maximum atomic E-state index is 14.0. The number of amides is 2. The third-order valence-electron chi connectivity index (χ3n) is 5.91. The standard InChI is InChI=1S/C28H30Cl3N3O4S/c1-4-26(28(36)32-19(2)3)33(17-23-24(30)14-9-15-25(23)31)27(35)18-34(21-11-8-10-20(29)16-21)39(37,38)22-12-6-5-7-13-22/h5-16,19,26H,4,17-18H2,1-3H3,(H,32,36)/t26-/m1/s1. The topological polar surface area (TPSA) is 86.8 Å². The summed E-state index contributed by atoms with van der Waals surface area (Å²) in [6.45, 7) is 4.71. The lowest BCUT2D eigenvalue weighted by molar-refractivity contribution is -0.140. The van der Waals surface area contributed by atoms with E-state index in [1.165, 1.54) is 23.1 Å². The molecule has 3 rings (SSSR count). The van der Waals surface area contributed by atoms with E-state index >= 15 is 0 Å². The van der Waals surface area contributed by atoms with Gasteiger partial charge in [-0.15, -0.1) is 0 Å². The fourth-order valence-corrected chi connectivity index (χ4v) is 6.16. The lowest BCUT2D eigenvalue weighted by atomic mass is 10.1. The molecule has 0 bridgehead atoms. The highest BCUT2D eigenvalue weighted by atomic mass is 35.5. The minimum Gasteiger partial charge on any atom is -0.352 e. The van der Waals surface area contributed by atoms with Crippen LogP contribution < -0.4 is 9.62 Å². The van der Waals surface area contributed by atoms with E-state index in [4.69, 9.17) is 34.8 Å². The van der Waals surface area contributed by atoms with Crippen molar-refractivity contribution in [1.29, 1.82) is 0 Å². The SMILES string of the molecule is CC[C@H](C(=O)NC(C)C)N(Cc1c(Cl)cccc1Cl)C(=O)CN(c1cccc(Cl)c1)S(=O)(=O)c1ccccc1. The Morgan fingerprint density at radius 2 is 1.51 bits per heavy atom. The maximum absolute atomic E-state index is 14.0. The monoisotopic (exact) mass is 609 g/mol. The summed E-state index contributed by atoms with van der Waals surface area (Å²) in [6, 6.07) is 17.9. The van der Waals surface area contributed by atoms with Crippen LogP contribution in [0.3, 0.4) is 0 Å². The first-order valence-electron chi connectivity index (χ1n) is 12.3. The normalized spacial score (nSPS) is 12.2. The van der Waals surface area contributed by atoms with Crippen molar-refractivity contribution < 1.29 is 18.0 Å². The Bertz CT molecular complexity index is 1400. The van der Waals surface area contributed by atoms with Crippen LogP contribution in [0.15, 0.2) is 77.7 Å². The maximum Gasteiger partial charge on any atom is 0.264 e. The van der Waals surface area contributed by atoms with E-state index in [0.717, 1.165) is 4.31 Å². The lowest BCUT2D eigenvalue weighted by Gasteiger charge is -2.34. The van der Waals surface area contributed by atoms with Crippen molar-refractivity contribution in [2.45, 2.75) is 50.7 Å². The van der Waals surface area contributed by atoms with Crippen molar-refractivity contribution >= 4 is 62.3 Å². The smallest absolute Gasteiger partial charge is 0.264 e. The molecule has 1 N–H and O–H groups in total. The molecule has 0 aliphatic carbocycles. The van der Waals surface area contributed by atoms with Gasteiger partial charge in [0.25, 0.3) is 10.0 Å². The van der Waals surface area contributed by atoms with Gasteiger partial charge < -0.3 is 10.2 Å². The molecule has 3 aromatic carbocycles. The van der Waals surface area contributed by atoms with Gasteiger partial charge in [-0.2, -0.15) is 0 Å². The predicted molar refractivity (Wildman–Crippen MR) is 157 cm³/mol. The average Bonchev–Trinajstić information content (AvgIpc) is 2.88. The molecule has 0 saturated carbocycles. The number of hydrogen-bond donors (Lipinski definition) is 1. The Kier molecular flexibility index (Phi) is 10.7. The van der Waals surface area contributed by atoms with Crippen LogP contribution in [-0.2, 0) is 26.2 Å². The Balaban J connectivity index is 2.10. The molecule has 0 radical (unpaired) electrons. The molecule has 11 heteroatoms. The second kappa shape index (κ2) is 13.5. The fourth-order valence-electron chi connectivity index (χ4n) is 4.03. The molecule has 0 aliphatic heterocycles. The van der Waals surface area contributed by atoms with E-state index in [-0.39, 0.29) is 35.5 Å². The zero-order valence-corrected chi connectivity index (χ0v) is 24.9. The molecular formula is C28H30Cl3N3O4S. The van der Waals surface area contributed by atoms with Gasteiger partial charge in [0.05, 0.1) is 10.6 Å². The van der Waals surface area contributed by atoms with Gasteiger partial charge in [-0.05, 0) is 62.7 Å². The lowest BCUT2D eigenvalue weighted by Crippen LogP contribution is -2.53. The number of rotatable bonds is 11. The van der Waals surface area contributed by atoms with Crippen LogP contribution in [0.4, 0.5) is 5.69 Å². The van der Waals surface area contributed by atoms with Crippen LogP contribution in [0, 0.1) is 0 Å². The van der Waals surface area contributed by atoms with E-state index in [1.54, 1.807) is 61.5 Å². The summed E-state index contributed by atoms with van der Waals surface area (Å²) in [5, 5.41) is 3.79. The van der Waals surface area contributed by atoms with Crippen molar-refractivity contribution in [3.8, 4) is 0 Å². The van der Waals surface area contributed by atoms with Crippen molar-refractivity contribution in [1.82, 2.24) is 10.2 Å². The van der Waals surface area contributed by atoms with E-state index in [0.29, 0.717) is 20.6 Å². The van der Waals surface area contributed by atoms with E-state index < -0.39 is 28.5 Å². The number of nitrogens with zero attached hydrogens (tertiary/aromatic N) is 2. The van der Waals surface area contributed by atoms with Gasteiger partial charge in [0.15, 0.2) is 0 Å². The fraction of sp³-hybridized carbons (Fsp3) is 0.286. The molecule has 208 valence electrons. The molecule has 0 aliphatic rings. The molecule has 0 spiro atoms. The van der Waals surface area contributed by atoms with Gasteiger partial charge in [-0.3, -0.25) is 13.9 Å². The van der Waals surface area contributed by atoms with Gasteiger partial charge in [0.2, 0.25) is 11.8 Å². The number of hydrogen-bond acceptors (Lipinski definition) is 4. The molecule has 39 heavy (non-hydrogen) atoms. The van der Waals surface area contributed by atoms with Crippen LogP contribution in [0.2, 0.25) is 15.1 Å². The molecule has 1 atom stereocenters. The molecule has 0 heterocycles. The van der Waals surface area contributed by atoms with Gasteiger partial charge in [-0.1, -0.05) is 72.1 Å². The first-order chi connectivity index (χ1) is 18.4. The van der Waals surface area contributed by atoms with Crippen LogP contribution in [-0.4, -0.2) is 43.8 Å². The minimum absolute atomic E-state index is 0.00284. The molecule has 0 unspecified atom stereocenters. The quantitative estimate of drug-likeness (QED) is 0.281. The number of halogens is 3. The molecule has 0 saturated heterocycles. The minimum atomic E-state index is -4.19. The highest BCUT2D eigenvalue weighted by molar-refractivity contribution is 7.92. The summed E-state index contributed by atoms with van der Waals surface area (Å²) >= 11 is 19.0. The van der Waals surface area contributed by atoms with E-state index in [2.05, 4.69) is 5.32 Å². The molecule has 2 amide bonds. The first kappa shape index (κ1) is 30.8.